The number of unbranched alkanes of at least 4 members (excludes halogenated alkanes) is 13. The molecule has 3 heteroatoms. The molecule has 0 heterocycles. The van der Waals surface area contributed by atoms with Crippen LogP contribution in [0.5, 0.6) is 0 Å². The third-order valence-electron chi connectivity index (χ3n) is 4.97. The van der Waals surface area contributed by atoms with Crippen molar-refractivity contribution in [1.82, 2.24) is 0 Å². The van der Waals surface area contributed by atoms with Crippen molar-refractivity contribution in [2.24, 2.45) is 0 Å². The lowest BCUT2D eigenvalue weighted by Gasteiger charge is -2.07. The van der Waals surface area contributed by atoms with Crippen molar-refractivity contribution < 1.29 is 0 Å². The molecule has 144 valence electrons. The highest BCUT2D eigenvalue weighted by Gasteiger charge is 2.05. The molecule has 0 saturated carbocycles. The number of hydrogen-bond donors (Lipinski definition) is 1. The van der Waals surface area contributed by atoms with Gasteiger partial charge >= 0.3 is 0 Å². The number of nitrogen functional groups attached to an aromatic ring is 1. The van der Waals surface area contributed by atoms with Crippen molar-refractivity contribution in [3.8, 4) is 0 Å². The Morgan fingerprint density at radius 2 is 1.08 bits per heavy atom. The normalized spacial score (nSPS) is 11.2. The van der Waals surface area contributed by atoms with Gasteiger partial charge in [0.05, 0.1) is 10.7 Å². The van der Waals surface area contributed by atoms with Crippen molar-refractivity contribution in [1.29, 1.82) is 0 Å². The molecule has 0 amide bonds. The van der Waals surface area contributed by atoms with Crippen LogP contribution in [0, 0.1) is 0 Å². The topological polar surface area (TPSA) is 26.0 Å². The van der Waals surface area contributed by atoms with Gasteiger partial charge in [-0.1, -0.05) is 114 Å². The third kappa shape index (κ3) is 11.0. The number of anilines is 1. The molecule has 0 spiro atoms. The molecule has 0 radical (unpaired) electrons. The number of hydrogen-bond acceptors (Lipinski definition) is 1. The van der Waals surface area contributed by atoms with Crippen LogP contribution in [0.3, 0.4) is 0 Å². The maximum Gasteiger partial charge on any atom is 0.0650 e. The Hall–Kier alpha value is -0.400. The molecule has 0 unspecified atom stereocenters. The number of nitrogens with two attached hydrogens (primary N) is 1. The van der Waals surface area contributed by atoms with Gasteiger partial charge in [-0.2, -0.15) is 0 Å². The summed E-state index contributed by atoms with van der Waals surface area (Å²) >= 11 is 12.2. The summed E-state index contributed by atoms with van der Waals surface area (Å²) in [6, 6.07) is 3.69. The second-order valence-corrected chi connectivity index (χ2v) is 8.13. The van der Waals surface area contributed by atoms with E-state index in [2.05, 4.69) is 6.92 Å². The van der Waals surface area contributed by atoms with E-state index in [1.54, 1.807) is 6.07 Å². The molecule has 0 fully saturated rings. The molecule has 0 atom stereocenters. The van der Waals surface area contributed by atoms with Crippen LogP contribution >= 0.6 is 23.2 Å². The fraction of sp³-hybridized carbons (Fsp3) is 0.727. The van der Waals surface area contributed by atoms with Crippen LogP contribution in [0.2, 0.25) is 10.0 Å². The molecule has 0 saturated heterocycles. The smallest absolute Gasteiger partial charge is 0.0650 e. The average molecular weight is 386 g/mol. The first-order valence-electron chi connectivity index (χ1n) is 10.4. The molecule has 0 aliphatic carbocycles. The van der Waals surface area contributed by atoms with Crippen molar-refractivity contribution >= 4 is 28.9 Å². The summed E-state index contributed by atoms with van der Waals surface area (Å²) < 4.78 is 0. The Morgan fingerprint density at radius 1 is 0.640 bits per heavy atom. The van der Waals surface area contributed by atoms with E-state index in [4.69, 9.17) is 28.9 Å². The number of halogens is 2. The molecule has 1 nitrogen and oxygen atoms in total. The van der Waals surface area contributed by atoms with E-state index in [-0.39, 0.29) is 0 Å². The van der Waals surface area contributed by atoms with Crippen LogP contribution < -0.4 is 5.73 Å². The van der Waals surface area contributed by atoms with Gasteiger partial charge in [-0.15, -0.1) is 0 Å². The minimum atomic E-state index is 0.551. The second kappa shape index (κ2) is 14.7. The molecule has 25 heavy (non-hydrogen) atoms. The number of aryl methyl sites for hydroxylation is 1. The summed E-state index contributed by atoms with van der Waals surface area (Å²) in [5, 5.41) is 1.30. The van der Waals surface area contributed by atoms with Gasteiger partial charge in [0, 0.05) is 5.02 Å². The molecule has 0 bridgehead atoms. The van der Waals surface area contributed by atoms with E-state index in [1.807, 2.05) is 6.07 Å². The molecule has 0 aliphatic heterocycles. The highest BCUT2D eigenvalue weighted by Crippen LogP contribution is 2.28. The molecule has 2 N–H and O–H groups in total. The first-order chi connectivity index (χ1) is 12.1. The van der Waals surface area contributed by atoms with E-state index in [1.165, 1.54) is 89.9 Å². The summed E-state index contributed by atoms with van der Waals surface area (Å²) in [4.78, 5) is 0. The average Bonchev–Trinajstić information content (AvgIpc) is 2.59. The quantitative estimate of drug-likeness (QED) is 0.237. The zero-order chi connectivity index (χ0) is 18.3. The van der Waals surface area contributed by atoms with Crippen LogP contribution in [0.25, 0.3) is 0 Å². The third-order valence-corrected chi connectivity index (χ3v) is 5.64. The monoisotopic (exact) mass is 385 g/mol. The summed E-state index contributed by atoms with van der Waals surface area (Å²) in [6.45, 7) is 2.28. The summed E-state index contributed by atoms with van der Waals surface area (Å²) in [5.74, 6) is 0. The van der Waals surface area contributed by atoms with E-state index in [0.717, 1.165) is 17.0 Å². The maximum absolute atomic E-state index is 6.22. The van der Waals surface area contributed by atoms with Gasteiger partial charge in [-0.05, 0) is 30.5 Å². The lowest BCUT2D eigenvalue weighted by molar-refractivity contribution is 0.535. The molecule has 0 aromatic heterocycles. The Balaban J connectivity index is 1.90. The van der Waals surface area contributed by atoms with Gasteiger partial charge in [0.25, 0.3) is 0 Å². The minimum Gasteiger partial charge on any atom is -0.398 e. The van der Waals surface area contributed by atoms with Crippen molar-refractivity contribution in [2.75, 3.05) is 5.73 Å². The first-order valence-corrected chi connectivity index (χ1v) is 11.1. The Morgan fingerprint density at radius 3 is 1.56 bits per heavy atom. The fourth-order valence-corrected chi connectivity index (χ4v) is 3.79. The lowest BCUT2D eigenvalue weighted by atomic mass is 10.0. The number of rotatable bonds is 15. The zero-order valence-electron chi connectivity index (χ0n) is 16.1. The standard InChI is InChI=1S/C22H37Cl2N/c1-2-3-4-5-6-7-8-9-10-11-12-13-14-15-16-19-17-22(25)21(24)18-20(19)23/h17-18H,2-16,25H2,1H3. The van der Waals surface area contributed by atoms with Crippen LogP contribution in [-0.2, 0) is 6.42 Å². The van der Waals surface area contributed by atoms with Crippen LogP contribution in [0.15, 0.2) is 12.1 Å². The summed E-state index contributed by atoms with van der Waals surface area (Å²) in [7, 11) is 0. The van der Waals surface area contributed by atoms with Gasteiger partial charge in [0.1, 0.15) is 0 Å². The van der Waals surface area contributed by atoms with E-state index in [9.17, 15) is 0 Å². The predicted molar refractivity (Wildman–Crippen MR) is 115 cm³/mol. The highest BCUT2D eigenvalue weighted by atomic mass is 35.5. The van der Waals surface area contributed by atoms with Gasteiger partial charge in [-0.25, -0.2) is 0 Å². The van der Waals surface area contributed by atoms with E-state index < -0.39 is 0 Å². The molecule has 1 rings (SSSR count). The zero-order valence-corrected chi connectivity index (χ0v) is 17.6. The molecule has 1 aromatic rings. The van der Waals surface area contributed by atoms with E-state index >= 15 is 0 Å². The lowest BCUT2D eigenvalue weighted by Crippen LogP contribution is -1.93. The van der Waals surface area contributed by atoms with Crippen molar-refractivity contribution in [3.05, 3.63) is 27.7 Å². The highest BCUT2D eigenvalue weighted by molar-refractivity contribution is 6.36. The number of benzene rings is 1. The maximum atomic E-state index is 6.22. The predicted octanol–water partition coefficient (Wildman–Crippen LogP) is 8.60. The van der Waals surface area contributed by atoms with Gasteiger partial charge in [0.15, 0.2) is 0 Å². The van der Waals surface area contributed by atoms with E-state index in [0.29, 0.717) is 10.7 Å². The second-order valence-electron chi connectivity index (χ2n) is 7.31. The van der Waals surface area contributed by atoms with Crippen LogP contribution in [-0.4, -0.2) is 0 Å². The Labute approximate surface area is 165 Å². The Kier molecular flexibility index (Phi) is 13.3. The largest absolute Gasteiger partial charge is 0.398 e. The van der Waals surface area contributed by atoms with Gasteiger partial charge in [0.2, 0.25) is 0 Å². The fourth-order valence-electron chi connectivity index (χ4n) is 3.31. The molecular weight excluding hydrogens is 349 g/mol. The first kappa shape index (κ1) is 22.6. The van der Waals surface area contributed by atoms with Crippen LogP contribution in [0.4, 0.5) is 5.69 Å². The summed E-state index contributed by atoms with van der Waals surface area (Å²) in [6.07, 6.45) is 20.3. The van der Waals surface area contributed by atoms with Gasteiger partial charge in [-0.3, -0.25) is 0 Å². The molecular formula is C22H37Cl2N. The van der Waals surface area contributed by atoms with Crippen molar-refractivity contribution in [3.63, 3.8) is 0 Å². The van der Waals surface area contributed by atoms with Gasteiger partial charge < -0.3 is 5.73 Å². The Bertz CT molecular complexity index is 460. The summed E-state index contributed by atoms with van der Waals surface area (Å²) in [5.41, 5.74) is 7.61. The van der Waals surface area contributed by atoms with Crippen molar-refractivity contribution in [2.45, 2.75) is 103 Å². The van der Waals surface area contributed by atoms with Crippen LogP contribution in [0.1, 0.15) is 102 Å². The molecule has 1 aromatic carbocycles. The minimum absolute atomic E-state index is 0.551. The SMILES string of the molecule is CCCCCCCCCCCCCCCCc1cc(N)c(Cl)cc1Cl. The molecule has 0 aliphatic rings.